The van der Waals surface area contributed by atoms with Crippen LogP contribution in [0.5, 0.6) is 0 Å². The Hall–Kier alpha value is -0.693. The van der Waals surface area contributed by atoms with E-state index in [9.17, 15) is 4.79 Å². The van der Waals surface area contributed by atoms with Crippen LogP contribution in [0.15, 0.2) is 12.7 Å². The Morgan fingerprint density at radius 3 is 2.22 bits per heavy atom. The van der Waals surface area contributed by atoms with E-state index in [1.807, 2.05) is 27.7 Å². The summed E-state index contributed by atoms with van der Waals surface area (Å²) in [5.74, 6) is -0.449. The van der Waals surface area contributed by atoms with Crippen molar-refractivity contribution in [2.24, 2.45) is 0 Å². The van der Waals surface area contributed by atoms with Gasteiger partial charge in [-0.2, -0.15) is 0 Å². The van der Waals surface area contributed by atoms with Crippen molar-refractivity contribution >= 4 is 14.8 Å². The van der Waals surface area contributed by atoms with Crippen molar-refractivity contribution in [2.45, 2.75) is 39.8 Å². The van der Waals surface area contributed by atoms with Crippen LogP contribution in [0.3, 0.4) is 0 Å². The van der Waals surface area contributed by atoms with Gasteiger partial charge < -0.3 is 18.0 Å². The van der Waals surface area contributed by atoms with Gasteiger partial charge in [-0.1, -0.05) is 6.58 Å². The molecule has 0 aromatic rings. The fraction of sp³-hybridized carbons (Fsp3) is 0.750. The number of esters is 1. The molecular formula is C12H24O5Si. The quantitative estimate of drug-likeness (QED) is 0.348. The van der Waals surface area contributed by atoms with Crippen LogP contribution in [0, 0.1) is 0 Å². The van der Waals surface area contributed by atoms with E-state index in [0.29, 0.717) is 19.3 Å². The topological polar surface area (TPSA) is 54.0 Å². The summed E-state index contributed by atoms with van der Waals surface area (Å²) >= 11 is 0. The molecule has 0 rings (SSSR count). The second-order valence-corrected chi connectivity index (χ2v) is 6.52. The van der Waals surface area contributed by atoms with E-state index in [2.05, 4.69) is 6.58 Å². The van der Waals surface area contributed by atoms with Crippen LogP contribution < -0.4 is 0 Å². The predicted molar refractivity (Wildman–Crippen MR) is 71.2 cm³/mol. The predicted octanol–water partition coefficient (Wildman–Crippen LogP) is 2.15. The minimum absolute atomic E-state index is 0.00451. The van der Waals surface area contributed by atoms with Crippen molar-refractivity contribution in [3.8, 4) is 0 Å². The van der Waals surface area contributed by atoms with Crippen molar-refractivity contribution in [3.05, 3.63) is 12.7 Å². The van der Waals surface area contributed by atoms with Gasteiger partial charge in [-0.3, -0.25) is 0 Å². The largest absolute Gasteiger partial charge is 0.504 e. The van der Waals surface area contributed by atoms with E-state index in [4.69, 9.17) is 18.0 Å². The van der Waals surface area contributed by atoms with Crippen LogP contribution in [-0.4, -0.2) is 40.7 Å². The van der Waals surface area contributed by atoms with Gasteiger partial charge >= 0.3 is 14.8 Å². The summed E-state index contributed by atoms with van der Waals surface area (Å²) < 4.78 is 22.1. The first-order chi connectivity index (χ1) is 8.49. The van der Waals surface area contributed by atoms with Crippen LogP contribution in [0.25, 0.3) is 0 Å². The molecule has 0 amide bonds. The Kier molecular flexibility index (Phi) is 8.91. The van der Waals surface area contributed by atoms with Gasteiger partial charge in [0.25, 0.3) is 0 Å². The summed E-state index contributed by atoms with van der Waals surface area (Å²) in [5, 5.41) is 0. The molecule has 0 aliphatic carbocycles. The molecule has 18 heavy (non-hydrogen) atoms. The maximum absolute atomic E-state index is 11.0. The molecule has 0 saturated carbocycles. The zero-order valence-electron chi connectivity index (χ0n) is 11.7. The minimum Gasteiger partial charge on any atom is -0.463 e. The zero-order valence-corrected chi connectivity index (χ0v) is 12.7. The zero-order chi connectivity index (χ0) is 14.0. The Morgan fingerprint density at radius 2 is 1.83 bits per heavy atom. The van der Waals surface area contributed by atoms with E-state index in [0.717, 1.165) is 6.08 Å². The van der Waals surface area contributed by atoms with Gasteiger partial charge in [0, 0.05) is 25.4 Å². The normalized spacial score (nSPS) is 11.6. The van der Waals surface area contributed by atoms with Gasteiger partial charge in [0.1, 0.15) is 0 Å². The average Bonchev–Trinajstić information content (AvgIpc) is 2.28. The lowest BCUT2D eigenvalue weighted by Gasteiger charge is -2.30. The molecule has 0 aromatic carbocycles. The van der Waals surface area contributed by atoms with Crippen molar-refractivity contribution in [2.75, 3.05) is 19.8 Å². The lowest BCUT2D eigenvalue weighted by Crippen LogP contribution is -2.48. The molecule has 0 unspecified atom stereocenters. The molecule has 106 valence electrons. The molecule has 0 spiro atoms. The molecule has 0 atom stereocenters. The molecule has 6 heteroatoms. The molecule has 5 nitrogen and oxygen atoms in total. The van der Waals surface area contributed by atoms with E-state index < -0.39 is 14.8 Å². The van der Waals surface area contributed by atoms with Crippen molar-refractivity contribution in [1.82, 2.24) is 0 Å². The molecule has 0 radical (unpaired) electrons. The number of carbonyl (C=O) groups excluding carboxylic acids is 1. The monoisotopic (exact) mass is 276 g/mol. The summed E-state index contributed by atoms with van der Waals surface area (Å²) in [7, 11) is -2.75. The second kappa shape index (κ2) is 9.27. The van der Waals surface area contributed by atoms with Gasteiger partial charge in [0.2, 0.25) is 0 Å². The standard InChI is InChI=1S/C12H24O5Si/c1-6-12(13)14-9-10-18(15-7-2,16-8-3)17-11(4)5/h6,11H,1,7-10H2,2-5H3. The highest BCUT2D eigenvalue weighted by Crippen LogP contribution is 2.18. The Bertz CT molecular complexity index is 249. The molecule has 0 N–H and O–H groups in total. The third-order valence-electron chi connectivity index (χ3n) is 1.96. The SMILES string of the molecule is C=CC(=O)OCC[Si](OCC)(OCC)OC(C)C. The highest BCUT2D eigenvalue weighted by Gasteiger charge is 2.41. The Labute approximate surface area is 110 Å². The number of ether oxygens (including phenoxy) is 1. The summed E-state index contributed by atoms with van der Waals surface area (Å²) in [5.41, 5.74) is 0. The van der Waals surface area contributed by atoms with Gasteiger partial charge in [-0.05, 0) is 27.7 Å². The molecular weight excluding hydrogens is 252 g/mol. The van der Waals surface area contributed by atoms with E-state index >= 15 is 0 Å². The summed E-state index contributed by atoms with van der Waals surface area (Å²) in [6.45, 7) is 12.2. The Morgan fingerprint density at radius 1 is 1.28 bits per heavy atom. The fourth-order valence-electron chi connectivity index (χ4n) is 1.45. The highest BCUT2D eigenvalue weighted by molar-refractivity contribution is 6.60. The first-order valence-corrected chi connectivity index (χ1v) is 8.17. The van der Waals surface area contributed by atoms with E-state index in [1.165, 1.54) is 0 Å². The van der Waals surface area contributed by atoms with Gasteiger partial charge in [-0.15, -0.1) is 0 Å². The fourth-order valence-corrected chi connectivity index (χ4v) is 4.02. The van der Waals surface area contributed by atoms with Gasteiger partial charge in [0.05, 0.1) is 12.7 Å². The van der Waals surface area contributed by atoms with E-state index in [-0.39, 0.29) is 12.7 Å². The summed E-state index contributed by atoms with van der Waals surface area (Å²) in [6, 6.07) is 0.451. The lowest BCUT2D eigenvalue weighted by molar-refractivity contribution is -0.137. The summed E-state index contributed by atoms with van der Waals surface area (Å²) in [6.07, 6.45) is 1.14. The second-order valence-electron chi connectivity index (χ2n) is 3.84. The van der Waals surface area contributed by atoms with Crippen molar-refractivity contribution in [1.29, 1.82) is 0 Å². The van der Waals surface area contributed by atoms with Gasteiger partial charge in [-0.25, -0.2) is 4.79 Å². The minimum atomic E-state index is -2.75. The molecule has 0 fully saturated rings. The van der Waals surface area contributed by atoms with Crippen LogP contribution in [0.1, 0.15) is 27.7 Å². The molecule has 0 heterocycles. The van der Waals surface area contributed by atoms with Crippen LogP contribution in [-0.2, 0) is 22.8 Å². The Balaban J connectivity index is 4.49. The maximum atomic E-state index is 11.0. The number of rotatable bonds is 10. The van der Waals surface area contributed by atoms with Crippen LogP contribution >= 0.6 is 0 Å². The number of hydrogen-bond donors (Lipinski definition) is 0. The molecule has 0 aliphatic heterocycles. The van der Waals surface area contributed by atoms with Crippen LogP contribution in [0.2, 0.25) is 6.04 Å². The number of hydrogen-bond acceptors (Lipinski definition) is 5. The molecule has 0 aliphatic rings. The van der Waals surface area contributed by atoms with Gasteiger partial charge in [0.15, 0.2) is 0 Å². The summed E-state index contributed by atoms with van der Waals surface area (Å²) in [4.78, 5) is 11.0. The van der Waals surface area contributed by atoms with Crippen molar-refractivity contribution in [3.63, 3.8) is 0 Å². The molecule has 0 aromatic heterocycles. The smallest absolute Gasteiger partial charge is 0.463 e. The molecule has 0 bridgehead atoms. The third-order valence-corrected chi connectivity index (χ3v) is 5.07. The average molecular weight is 276 g/mol. The highest BCUT2D eigenvalue weighted by atomic mass is 28.4. The lowest BCUT2D eigenvalue weighted by atomic mass is 10.5. The third kappa shape index (κ3) is 6.90. The molecule has 0 saturated heterocycles. The maximum Gasteiger partial charge on any atom is 0.504 e. The first-order valence-electron chi connectivity index (χ1n) is 6.24. The van der Waals surface area contributed by atoms with Crippen molar-refractivity contribution < 1.29 is 22.8 Å². The van der Waals surface area contributed by atoms with Crippen LogP contribution in [0.4, 0.5) is 0 Å². The number of carbonyl (C=O) groups is 1. The first kappa shape index (κ1) is 17.3. The van der Waals surface area contributed by atoms with E-state index in [1.54, 1.807) is 0 Å².